The molecule has 158 valence electrons. The third kappa shape index (κ3) is 6.34. The van der Waals surface area contributed by atoms with Gasteiger partial charge in [0.15, 0.2) is 5.96 Å². The van der Waals surface area contributed by atoms with Crippen molar-refractivity contribution in [2.45, 2.75) is 26.2 Å². The van der Waals surface area contributed by atoms with Gasteiger partial charge < -0.3 is 25.2 Å². The van der Waals surface area contributed by atoms with E-state index in [0.717, 1.165) is 44.1 Å². The normalized spacial score (nSPS) is 16.6. The zero-order chi connectivity index (χ0) is 20.4. The van der Waals surface area contributed by atoms with E-state index in [2.05, 4.69) is 41.8 Å². The molecule has 0 aliphatic carbocycles. The molecule has 1 heterocycles. The van der Waals surface area contributed by atoms with Crippen molar-refractivity contribution >= 4 is 16.7 Å². The summed E-state index contributed by atoms with van der Waals surface area (Å²) in [5.41, 5.74) is -0.153. The second-order valence-electron chi connectivity index (χ2n) is 7.60. The predicted molar refractivity (Wildman–Crippen MR) is 118 cm³/mol. The fourth-order valence-corrected chi connectivity index (χ4v) is 3.49. The van der Waals surface area contributed by atoms with Crippen LogP contribution < -0.4 is 15.4 Å². The van der Waals surface area contributed by atoms with Crippen molar-refractivity contribution in [3.05, 3.63) is 42.5 Å². The van der Waals surface area contributed by atoms with Crippen LogP contribution in [0.2, 0.25) is 0 Å². The highest BCUT2D eigenvalue weighted by Crippen LogP contribution is 2.30. The zero-order valence-corrected chi connectivity index (χ0v) is 17.3. The van der Waals surface area contributed by atoms with Gasteiger partial charge in [-0.15, -0.1) is 0 Å². The Hall–Kier alpha value is -2.31. The van der Waals surface area contributed by atoms with Gasteiger partial charge in [-0.1, -0.05) is 30.3 Å². The van der Waals surface area contributed by atoms with Crippen molar-refractivity contribution in [2.24, 2.45) is 10.4 Å². The fraction of sp³-hybridized carbons (Fsp3) is 0.522. The van der Waals surface area contributed by atoms with Gasteiger partial charge >= 0.3 is 0 Å². The van der Waals surface area contributed by atoms with Gasteiger partial charge in [-0.2, -0.15) is 0 Å². The number of nitrogens with zero attached hydrogens (tertiary/aromatic N) is 1. The van der Waals surface area contributed by atoms with Gasteiger partial charge in [-0.3, -0.25) is 4.99 Å². The van der Waals surface area contributed by atoms with Gasteiger partial charge in [0.05, 0.1) is 19.8 Å². The van der Waals surface area contributed by atoms with Crippen LogP contribution in [-0.2, 0) is 4.74 Å². The van der Waals surface area contributed by atoms with Crippen LogP contribution >= 0.6 is 0 Å². The second-order valence-corrected chi connectivity index (χ2v) is 7.60. The van der Waals surface area contributed by atoms with Crippen LogP contribution in [0.15, 0.2) is 47.5 Å². The van der Waals surface area contributed by atoms with Crippen molar-refractivity contribution in [1.82, 2.24) is 10.6 Å². The molecule has 0 bridgehead atoms. The quantitative estimate of drug-likeness (QED) is 0.343. The Kier molecular flexibility index (Phi) is 8.14. The van der Waals surface area contributed by atoms with Crippen LogP contribution in [0.4, 0.5) is 0 Å². The third-order valence-electron chi connectivity index (χ3n) is 5.41. The molecule has 6 nitrogen and oxygen atoms in total. The Morgan fingerprint density at radius 3 is 2.69 bits per heavy atom. The topological polar surface area (TPSA) is 75.1 Å². The van der Waals surface area contributed by atoms with E-state index in [4.69, 9.17) is 14.5 Å². The van der Waals surface area contributed by atoms with Gasteiger partial charge in [0.2, 0.25) is 0 Å². The lowest BCUT2D eigenvalue weighted by atomic mass is 9.81. The molecule has 0 spiro atoms. The Labute approximate surface area is 173 Å². The molecule has 0 saturated carbocycles. The highest BCUT2D eigenvalue weighted by molar-refractivity contribution is 5.83. The van der Waals surface area contributed by atoms with Crippen molar-refractivity contribution in [1.29, 1.82) is 0 Å². The molecule has 0 aromatic heterocycles. The maximum Gasteiger partial charge on any atom is 0.191 e. The summed E-state index contributed by atoms with van der Waals surface area (Å²) < 4.78 is 11.3. The molecule has 0 atom stereocenters. The minimum absolute atomic E-state index is 0.152. The Bertz CT molecular complexity index is 788. The Morgan fingerprint density at radius 2 is 1.93 bits per heavy atom. The molecule has 0 amide bonds. The molecule has 1 saturated heterocycles. The lowest BCUT2D eigenvalue weighted by Gasteiger charge is -2.34. The Balaban J connectivity index is 1.43. The maximum atomic E-state index is 9.82. The largest absolute Gasteiger partial charge is 0.494 e. The number of rotatable bonds is 9. The SMILES string of the molecule is CCNC(=NCC1(CO)CCOCC1)NCCCOc1ccc2ccccc2c1. The van der Waals surface area contributed by atoms with E-state index in [1.807, 2.05) is 18.2 Å². The first kappa shape index (κ1) is 21.4. The smallest absolute Gasteiger partial charge is 0.191 e. The van der Waals surface area contributed by atoms with E-state index >= 15 is 0 Å². The van der Waals surface area contributed by atoms with Crippen LogP contribution in [0.5, 0.6) is 5.75 Å². The van der Waals surface area contributed by atoms with E-state index < -0.39 is 0 Å². The summed E-state index contributed by atoms with van der Waals surface area (Å²) in [7, 11) is 0. The Morgan fingerprint density at radius 1 is 1.14 bits per heavy atom. The first-order valence-corrected chi connectivity index (χ1v) is 10.6. The minimum atomic E-state index is -0.153. The lowest BCUT2D eigenvalue weighted by molar-refractivity contribution is -0.0106. The number of ether oxygens (including phenoxy) is 2. The number of fused-ring (bicyclic) bond motifs is 1. The van der Waals surface area contributed by atoms with E-state index in [1.165, 1.54) is 10.8 Å². The molecule has 1 fully saturated rings. The maximum absolute atomic E-state index is 9.82. The molecule has 29 heavy (non-hydrogen) atoms. The molecule has 6 heteroatoms. The fourth-order valence-electron chi connectivity index (χ4n) is 3.49. The first-order valence-electron chi connectivity index (χ1n) is 10.6. The van der Waals surface area contributed by atoms with Crippen LogP contribution in [-0.4, -0.2) is 57.1 Å². The molecule has 0 unspecified atom stereocenters. The average Bonchev–Trinajstić information content (AvgIpc) is 2.77. The standard InChI is InChI=1S/C23H33N3O3/c1-2-24-22(26-17-23(18-27)10-14-28-15-11-23)25-12-5-13-29-21-9-8-19-6-3-4-7-20(19)16-21/h3-4,6-9,16,27H,2,5,10-15,17-18H2,1H3,(H2,24,25,26). The van der Waals surface area contributed by atoms with Crippen LogP contribution in [0.1, 0.15) is 26.2 Å². The van der Waals surface area contributed by atoms with Crippen LogP contribution in [0.25, 0.3) is 10.8 Å². The highest BCUT2D eigenvalue weighted by Gasteiger charge is 2.31. The zero-order valence-electron chi connectivity index (χ0n) is 17.3. The minimum Gasteiger partial charge on any atom is -0.494 e. The van der Waals surface area contributed by atoms with Crippen LogP contribution in [0.3, 0.4) is 0 Å². The van der Waals surface area contributed by atoms with Gasteiger partial charge in [0, 0.05) is 31.7 Å². The number of hydrogen-bond donors (Lipinski definition) is 3. The number of aliphatic hydroxyl groups excluding tert-OH is 1. The molecule has 2 aromatic carbocycles. The molecule has 3 rings (SSSR count). The number of guanidine groups is 1. The number of benzene rings is 2. The summed E-state index contributed by atoms with van der Waals surface area (Å²) >= 11 is 0. The summed E-state index contributed by atoms with van der Waals surface area (Å²) in [6.45, 7) is 6.43. The lowest BCUT2D eigenvalue weighted by Crippen LogP contribution is -2.41. The molecule has 0 radical (unpaired) electrons. The van der Waals surface area contributed by atoms with Gasteiger partial charge in [-0.25, -0.2) is 0 Å². The number of aliphatic imine (C=N–C) groups is 1. The van der Waals surface area contributed by atoms with E-state index in [0.29, 0.717) is 26.4 Å². The van der Waals surface area contributed by atoms with E-state index in [9.17, 15) is 5.11 Å². The average molecular weight is 400 g/mol. The van der Waals surface area contributed by atoms with E-state index in [1.54, 1.807) is 0 Å². The van der Waals surface area contributed by atoms with Gasteiger partial charge in [0.25, 0.3) is 0 Å². The van der Waals surface area contributed by atoms with E-state index in [-0.39, 0.29) is 12.0 Å². The summed E-state index contributed by atoms with van der Waals surface area (Å²) in [5.74, 6) is 1.69. The van der Waals surface area contributed by atoms with Crippen LogP contribution in [0, 0.1) is 5.41 Å². The first-order chi connectivity index (χ1) is 14.2. The monoisotopic (exact) mass is 399 g/mol. The summed E-state index contributed by atoms with van der Waals surface area (Å²) in [4.78, 5) is 4.71. The second kappa shape index (κ2) is 11.0. The molecule has 1 aliphatic rings. The van der Waals surface area contributed by atoms with Crippen molar-refractivity contribution in [3.63, 3.8) is 0 Å². The predicted octanol–water partition coefficient (Wildman–Crippen LogP) is 2.95. The molecule has 1 aliphatic heterocycles. The summed E-state index contributed by atoms with van der Waals surface area (Å²) in [5, 5.41) is 18.9. The van der Waals surface area contributed by atoms with Crippen molar-refractivity contribution in [3.8, 4) is 5.75 Å². The number of aliphatic hydroxyl groups is 1. The molecular formula is C23H33N3O3. The third-order valence-corrected chi connectivity index (χ3v) is 5.41. The summed E-state index contributed by atoms with van der Waals surface area (Å²) in [6, 6.07) is 14.5. The molecule has 3 N–H and O–H groups in total. The van der Waals surface area contributed by atoms with Gasteiger partial charge in [0.1, 0.15) is 5.75 Å². The summed E-state index contributed by atoms with van der Waals surface area (Å²) in [6.07, 6.45) is 2.58. The molecule has 2 aromatic rings. The van der Waals surface area contributed by atoms with Gasteiger partial charge in [-0.05, 0) is 49.1 Å². The highest BCUT2D eigenvalue weighted by atomic mass is 16.5. The van der Waals surface area contributed by atoms with Crippen molar-refractivity contribution in [2.75, 3.05) is 46.1 Å². The number of hydrogen-bond acceptors (Lipinski definition) is 4. The van der Waals surface area contributed by atoms with Crippen molar-refractivity contribution < 1.29 is 14.6 Å². The molecular weight excluding hydrogens is 366 g/mol. The number of nitrogens with one attached hydrogen (secondary N) is 2.